The molecule has 0 saturated carbocycles. The number of methoxy groups -OCH3 is 1. The third kappa shape index (κ3) is 5.54. The number of rotatable bonds is 7. The lowest BCUT2D eigenvalue weighted by atomic mass is 10.0. The summed E-state index contributed by atoms with van der Waals surface area (Å²) in [5.41, 5.74) is 5.73. The Kier molecular flexibility index (Phi) is 7.06. The molecule has 0 bridgehead atoms. The molecular formula is C32H31N5O2. The van der Waals surface area contributed by atoms with E-state index in [4.69, 9.17) is 14.8 Å². The van der Waals surface area contributed by atoms with Crippen LogP contribution in [0.1, 0.15) is 28.9 Å². The smallest absolute Gasteiger partial charge is 0.270 e. The summed E-state index contributed by atoms with van der Waals surface area (Å²) in [4.78, 5) is 21.0. The first-order chi connectivity index (χ1) is 19.2. The van der Waals surface area contributed by atoms with Crippen LogP contribution in [-0.4, -0.2) is 51.6 Å². The summed E-state index contributed by atoms with van der Waals surface area (Å²) < 4.78 is 7.08. The summed E-state index contributed by atoms with van der Waals surface area (Å²) in [6.07, 6.45) is 1.81. The molecule has 6 rings (SSSR count). The molecule has 3 aromatic carbocycles. The molecular weight excluding hydrogens is 486 g/mol. The van der Waals surface area contributed by atoms with Crippen LogP contribution in [0.5, 0.6) is 5.75 Å². The first-order valence-electron chi connectivity index (χ1n) is 13.3. The van der Waals surface area contributed by atoms with E-state index < -0.39 is 0 Å². The van der Waals surface area contributed by atoms with Crippen molar-refractivity contribution in [3.8, 4) is 28.3 Å². The molecule has 7 heteroatoms. The maximum absolute atomic E-state index is 13.7. The second-order valence-electron chi connectivity index (χ2n) is 9.93. The van der Waals surface area contributed by atoms with Crippen molar-refractivity contribution in [1.82, 2.24) is 24.8 Å². The molecule has 0 atom stereocenters. The van der Waals surface area contributed by atoms with Crippen molar-refractivity contribution in [3.05, 3.63) is 108 Å². The minimum absolute atomic E-state index is 0.108. The van der Waals surface area contributed by atoms with Crippen LogP contribution in [0.15, 0.2) is 97.1 Å². The van der Waals surface area contributed by atoms with Crippen LogP contribution in [-0.2, 0) is 6.54 Å². The van der Waals surface area contributed by atoms with Crippen LogP contribution < -0.4 is 10.1 Å². The van der Waals surface area contributed by atoms with E-state index in [9.17, 15) is 4.79 Å². The molecule has 1 amide bonds. The van der Waals surface area contributed by atoms with Gasteiger partial charge in [-0.15, -0.1) is 0 Å². The maximum atomic E-state index is 13.7. The van der Waals surface area contributed by atoms with Gasteiger partial charge in [0.1, 0.15) is 11.4 Å². The van der Waals surface area contributed by atoms with Crippen molar-refractivity contribution < 1.29 is 9.53 Å². The van der Waals surface area contributed by atoms with Crippen molar-refractivity contribution in [2.24, 2.45) is 0 Å². The van der Waals surface area contributed by atoms with Crippen LogP contribution in [0.25, 0.3) is 28.2 Å². The number of carbonyl (C=O) groups excluding carboxylic acids is 1. The first kappa shape index (κ1) is 24.8. The molecule has 1 fully saturated rings. The van der Waals surface area contributed by atoms with Gasteiger partial charge in [0.2, 0.25) is 0 Å². The number of nitrogens with one attached hydrogen (secondary N) is 1. The summed E-state index contributed by atoms with van der Waals surface area (Å²) in [5, 5.41) is 8.07. The minimum Gasteiger partial charge on any atom is -0.497 e. The first-order valence-corrected chi connectivity index (χ1v) is 13.3. The van der Waals surface area contributed by atoms with Gasteiger partial charge in [-0.2, -0.15) is 5.10 Å². The van der Waals surface area contributed by atoms with E-state index in [1.807, 2.05) is 72.8 Å². The Labute approximate surface area is 228 Å². The average Bonchev–Trinajstić information content (AvgIpc) is 3.43. The number of carbonyl (C=O) groups is 1. The fourth-order valence-electron chi connectivity index (χ4n) is 5.15. The van der Waals surface area contributed by atoms with E-state index in [0.717, 1.165) is 55.0 Å². The molecule has 5 aromatic rings. The molecule has 1 N–H and O–H groups in total. The number of nitrogens with zero attached hydrogens (tertiary/aromatic N) is 4. The Hall–Kier alpha value is -4.49. The van der Waals surface area contributed by atoms with Crippen LogP contribution >= 0.6 is 0 Å². The van der Waals surface area contributed by atoms with Gasteiger partial charge < -0.3 is 10.1 Å². The monoisotopic (exact) mass is 517 g/mol. The number of hydrogen-bond donors (Lipinski definition) is 1. The van der Waals surface area contributed by atoms with E-state index >= 15 is 0 Å². The standard InChI is InChI=1S/C32H31N5O2/c1-39-27-14-8-13-25(19-27)28-20-30(37-31(34-28)21-29(35-37)24-11-6-3-7-12-24)32(38)33-26-15-17-36(18-16-26)22-23-9-4-2-5-10-23/h2-14,19-21,26H,15-18,22H2,1H3,(H,33,38). The maximum Gasteiger partial charge on any atom is 0.270 e. The lowest BCUT2D eigenvalue weighted by Gasteiger charge is -2.32. The van der Waals surface area contributed by atoms with E-state index in [2.05, 4.69) is 34.5 Å². The molecule has 0 spiro atoms. The summed E-state index contributed by atoms with van der Waals surface area (Å²) in [5.74, 6) is 0.594. The third-order valence-electron chi connectivity index (χ3n) is 7.27. The number of piperidine rings is 1. The number of hydrogen-bond acceptors (Lipinski definition) is 5. The second-order valence-corrected chi connectivity index (χ2v) is 9.93. The highest BCUT2D eigenvalue weighted by molar-refractivity contribution is 5.94. The average molecular weight is 518 g/mol. The van der Waals surface area contributed by atoms with Crippen molar-refractivity contribution in [3.63, 3.8) is 0 Å². The second kappa shape index (κ2) is 11.1. The Morgan fingerprint density at radius 1 is 0.872 bits per heavy atom. The molecule has 1 saturated heterocycles. The molecule has 1 aliphatic rings. The quantitative estimate of drug-likeness (QED) is 0.310. The lowest BCUT2D eigenvalue weighted by Crippen LogP contribution is -2.44. The van der Waals surface area contributed by atoms with Gasteiger partial charge in [-0.05, 0) is 36.6 Å². The summed E-state index contributed by atoms with van der Waals surface area (Å²) in [7, 11) is 1.64. The number of benzene rings is 3. The highest BCUT2D eigenvalue weighted by Crippen LogP contribution is 2.26. The summed E-state index contributed by atoms with van der Waals surface area (Å²) in [6.45, 7) is 2.83. The minimum atomic E-state index is -0.143. The SMILES string of the molecule is COc1cccc(-c2cc(C(=O)NC3CCN(Cc4ccccc4)CC3)n3nc(-c4ccccc4)cc3n2)c1. The third-order valence-corrected chi connectivity index (χ3v) is 7.27. The van der Waals surface area contributed by atoms with Gasteiger partial charge >= 0.3 is 0 Å². The van der Waals surface area contributed by atoms with E-state index in [1.165, 1.54) is 5.56 Å². The van der Waals surface area contributed by atoms with Gasteiger partial charge in [0.15, 0.2) is 5.65 Å². The van der Waals surface area contributed by atoms with Gasteiger partial charge in [-0.25, -0.2) is 9.50 Å². The zero-order chi connectivity index (χ0) is 26.6. The molecule has 1 aliphatic heterocycles. The van der Waals surface area contributed by atoms with Crippen molar-refractivity contribution in [1.29, 1.82) is 0 Å². The predicted octanol–water partition coefficient (Wildman–Crippen LogP) is 5.47. The van der Waals surface area contributed by atoms with E-state index in [0.29, 0.717) is 17.0 Å². The van der Waals surface area contributed by atoms with Crippen LogP contribution in [0, 0.1) is 0 Å². The van der Waals surface area contributed by atoms with Crippen molar-refractivity contribution in [2.45, 2.75) is 25.4 Å². The topological polar surface area (TPSA) is 71.8 Å². The zero-order valence-electron chi connectivity index (χ0n) is 22.0. The van der Waals surface area contributed by atoms with Crippen LogP contribution in [0.4, 0.5) is 0 Å². The predicted molar refractivity (Wildman–Crippen MR) is 153 cm³/mol. The van der Waals surface area contributed by atoms with Crippen molar-refractivity contribution in [2.75, 3.05) is 20.2 Å². The largest absolute Gasteiger partial charge is 0.497 e. The van der Waals surface area contributed by atoms with Crippen LogP contribution in [0.3, 0.4) is 0 Å². The van der Waals surface area contributed by atoms with Gasteiger partial charge in [0.25, 0.3) is 5.91 Å². The van der Waals surface area contributed by atoms with Crippen molar-refractivity contribution >= 4 is 11.6 Å². The molecule has 2 aromatic heterocycles. The van der Waals surface area contributed by atoms with Gasteiger partial charge in [0, 0.05) is 42.9 Å². The lowest BCUT2D eigenvalue weighted by molar-refractivity contribution is 0.0901. The Morgan fingerprint density at radius 2 is 1.59 bits per heavy atom. The molecule has 7 nitrogen and oxygen atoms in total. The summed E-state index contributed by atoms with van der Waals surface area (Å²) in [6, 6.07) is 32.1. The van der Waals surface area contributed by atoms with E-state index in [-0.39, 0.29) is 11.9 Å². The molecule has 0 unspecified atom stereocenters. The number of ether oxygens (including phenoxy) is 1. The van der Waals surface area contributed by atoms with Crippen LogP contribution in [0.2, 0.25) is 0 Å². The summed E-state index contributed by atoms with van der Waals surface area (Å²) >= 11 is 0. The molecule has 39 heavy (non-hydrogen) atoms. The zero-order valence-corrected chi connectivity index (χ0v) is 22.0. The molecule has 196 valence electrons. The fraction of sp³-hybridized carbons (Fsp3) is 0.219. The Balaban J connectivity index is 1.27. The highest BCUT2D eigenvalue weighted by Gasteiger charge is 2.24. The van der Waals surface area contributed by atoms with Gasteiger partial charge in [-0.1, -0.05) is 72.8 Å². The normalized spacial score (nSPS) is 14.4. The van der Waals surface area contributed by atoms with Gasteiger partial charge in [-0.3, -0.25) is 9.69 Å². The Bertz CT molecular complexity index is 1570. The molecule has 3 heterocycles. The Morgan fingerprint density at radius 3 is 2.33 bits per heavy atom. The highest BCUT2D eigenvalue weighted by atomic mass is 16.5. The number of likely N-dealkylation sites (tertiary alicyclic amines) is 1. The number of fused-ring (bicyclic) bond motifs is 1. The van der Waals surface area contributed by atoms with Gasteiger partial charge in [0.05, 0.1) is 18.5 Å². The van der Waals surface area contributed by atoms with E-state index in [1.54, 1.807) is 11.6 Å². The molecule has 0 radical (unpaired) electrons. The number of amides is 1. The molecule has 0 aliphatic carbocycles. The fourth-order valence-corrected chi connectivity index (χ4v) is 5.15. The number of aromatic nitrogens is 3.